The maximum absolute atomic E-state index is 12.1. The van der Waals surface area contributed by atoms with Gasteiger partial charge in [-0.25, -0.2) is 0 Å². The molecule has 0 amide bonds. The molecule has 2 atom stereocenters. The first kappa shape index (κ1) is 12.2. The van der Waals surface area contributed by atoms with Crippen LogP contribution in [0.3, 0.4) is 0 Å². The lowest BCUT2D eigenvalue weighted by Gasteiger charge is -2.33. The van der Waals surface area contributed by atoms with Crippen LogP contribution in [0, 0.1) is 5.92 Å². The molecule has 0 spiro atoms. The first-order valence-corrected chi connectivity index (χ1v) is 6.29. The molecule has 2 rings (SSSR count). The molecule has 0 aromatic carbocycles. The molecule has 2 unspecified atom stereocenters. The predicted molar refractivity (Wildman–Crippen MR) is 67.6 cm³/mol. The highest BCUT2D eigenvalue weighted by atomic mass is 16.1. The Balaban J connectivity index is 2.26. The van der Waals surface area contributed by atoms with E-state index in [4.69, 9.17) is 0 Å². The maximum Gasteiger partial charge on any atom is 0.137 e. The summed E-state index contributed by atoms with van der Waals surface area (Å²) in [5.41, 5.74) is 1.15. The van der Waals surface area contributed by atoms with Gasteiger partial charge in [-0.15, -0.1) is 0 Å². The van der Waals surface area contributed by atoms with Crippen LogP contribution in [-0.2, 0) is 4.79 Å². The van der Waals surface area contributed by atoms with Crippen LogP contribution in [0.5, 0.6) is 0 Å². The summed E-state index contributed by atoms with van der Waals surface area (Å²) in [4.78, 5) is 18.4. The van der Waals surface area contributed by atoms with Gasteiger partial charge in [0.05, 0.1) is 0 Å². The van der Waals surface area contributed by atoms with Gasteiger partial charge in [0.15, 0.2) is 0 Å². The van der Waals surface area contributed by atoms with E-state index in [0.717, 1.165) is 24.8 Å². The number of Topliss-reactive ketones (excluding diaryl/α,β-unsaturated/α-hetero) is 1. The van der Waals surface area contributed by atoms with Gasteiger partial charge in [0, 0.05) is 30.8 Å². The van der Waals surface area contributed by atoms with Crippen molar-refractivity contribution >= 4 is 5.78 Å². The Kier molecular flexibility index (Phi) is 3.89. The van der Waals surface area contributed by atoms with Crippen molar-refractivity contribution in [2.45, 2.75) is 31.7 Å². The van der Waals surface area contributed by atoms with Gasteiger partial charge in [0.2, 0.25) is 0 Å². The van der Waals surface area contributed by atoms with Crippen molar-refractivity contribution in [1.82, 2.24) is 9.88 Å². The van der Waals surface area contributed by atoms with E-state index in [9.17, 15) is 4.79 Å². The van der Waals surface area contributed by atoms with Crippen molar-refractivity contribution in [3.8, 4) is 0 Å². The van der Waals surface area contributed by atoms with Crippen LogP contribution in [0.1, 0.15) is 37.3 Å². The Bertz CT molecular complexity index is 375. The predicted octanol–water partition coefficient (Wildman–Crippen LogP) is 2.44. The minimum absolute atomic E-state index is 0.142. The van der Waals surface area contributed by atoms with Crippen LogP contribution < -0.4 is 0 Å². The van der Waals surface area contributed by atoms with E-state index >= 15 is 0 Å². The number of rotatable bonds is 3. The standard InChI is InChI=1S/C14H20N2O/c1-16(2)14(11-6-5-9-15-10-11)12-7-3-4-8-13(12)17/h5-6,9-10,12,14H,3-4,7-8H2,1-2H3. The molecule has 0 aliphatic heterocycles. The summed E-state index contributed by atoms with van der Waals surface area (Å²) in [7, 11) is 4.08. The van der Waals surface area contributed by atoms with E-state index in [1.54, 1.807) is 6.20 Å². The molecular weight excluding hydrogens is 212 g/mol. The first-order chi connectivity index (χ1) is 8.20. The smallest absolute Gasteiger partial charge is 0.137 e. The lowest BCUT2D eigenvalue weighted by molar-refractivity contribution is -0.126. The van der Waals surface area contributed by atoms with Crippen LogP contribution in [-0.4, -0.2) is 29.8 Å². The molecule has 0 saturated heterocycles. The number of carbonyl (C=O) groups excluding carboxylic acids is 1. The highest BCUT2D eigenvalue weighted by Gasteiger charge is 2.32. The minimum Gasteiger partial charge on any atom is -0.302 e. The van der Waals surface area contributed by atoms with Crippen molar-refractivity contribution in [3.05, 3.63) is 30.1 Å². The number of carbonyl (C=O) groups is 1. The van der Waals surface area contributed by atoms with Gasteiger partial charge >= 0.3 is 0 Å². The second-order valence-electron chi connectivity index (χ2n) is 5.01. The monoisotopic (exact) mass is 232 g/mol. The van der Waals surface area contributed by atoms with Crippen molar-refractivity contribution in [3.63, 3.8) is 0 Å². The van der Waals surface area contributed by atoms with E-state index in [-0.39, 0.29) is 12.0 Å². The number of pyridine rings is 1. The number of hydrogen-bond donors (Lipinski definition) is 0. The largest absolute Gasteiger partial charge is 0.302 e. The quantitative estimate of drug-likeness (QED) is 0.802. The summed E-state index contributed by atoms with van der Waals surface area (Å²) in [6.07, 6.45) is 7.64. The van der Waals surface area contributed by atoms with Crippen molar-refractivity contribution in [2.24, 2.45) is 5.92 Å². The molecule has 1 aromatic heterocycles. The van der Waals surface area contributed by atoms with Crippen molar-refractivity contribution in [2.75, 3.05) is 14.1 Å². The summed E-state index contributed by atoms with van der Waals surface area (Å²) in [6, 6.07) is 4.19. The zero-order valence-corrected chi connectivity index (χ0v) is 10.6. The number of aromatic nitrogens is 1. The normalized spacial score (nSPS) is 22.8. The summed E-state index contributed by atoms with van der Waals surface area (Å²) in [5.74, 6) is 0.557. The summed E-state index contributed by atoms with van der Waals surface area (Å²) >= 11 is 0. The molecule has 17 heavy (non-hydrogen) atoms. The fourth-order valence-electron chi connectivity index (χ4n) is 2.79. The fraction of sp³-hybridized carbons (Fsp3) is 0.571. The van der Waals surface area contributed by atoms with Gasteiger partial charge in [-0.3, -0.25) is 9.78 Å². The Morgan fingerprint density at radius 3 is 2.82 bits per heavy atom. The summed E-state index contributed by atoms with van der Waals surface area (Å²) in [5, 5.41) is 0. The molecule has 0 N–H and O–H groups in total. The molecule has 1 heterocycles. The van der Waals surface area contributed by atoms with Gasteiger partial charge in [-0.1, -0.05) is 12.5 Å². The van der Waals surface area contributed by atoms with Crippen molar-refractivity contribution in [1.29, 1.82) is 0 Å². The third-order valence-electron chi connectivity index (χ3n) is 3.57. The number of ketones is 1. The average molecular weight is 232 g/mol. The summed E-state index contributed by atoms with van der Waals surface area (Å²) < 4.78 is 0. The maximum atomic E-state index is 12.1. The van der Waals surface area contributed by atoms with Crippen LogP contribution >= 0.6 is 0 Å². The van der Waals surface area contributed by atoms with Crippen LogP contribution in [0.2, 0.25) is 0 Å². The molecule has 0 bridgehead atoms. The van der Waals surface area contributed by atoms with Gasteiger partial charge in [-0.05, 0) is 38.6 Å². The first-order valence-electron chi connectivity index (χ1n) is 6.29. The molecule has 1 fully saturated rings. The molecule has 1 saturated carbocycles. The molecule has 1 aromatic rings. The molecule has 1 aliphatic carbocycles. The number of nitrogens with zero attached hydrogens (tertiary/aromatic N) is 2. The second-order valence-corrected chi connectivity index (χ2v) is 5.01. The van der Waals surface area contributed by atoms with Crippen molar-refractivity contribution < 1.29 is 4.79 Å². The zero-order valence-electron chi connectivity index (χ0n) is 10.6. The second kappa shape index (κ2) is 5.41. The SMILES string of the molecule is CN(C)C(c1cccnc1)C1CCCCC1=O. The molecule has 1 aliphatic rings. The Morgan fingerprint density at radius 2 is 2.24 bits per heavy atom. The third kappa shape index (κ3) is 2.72. The van der Waals surface area contributed by atoms with E-state index in [1.165, 1.54) is 6.42 Å². The Hall–Kier alpha value is -1.22. The zero-order chi connectivity index (χ0) is 12.3. The third-order valence-corrected chi connectivity index (χ3v) is 3.57. The molecule has 3 heteroatoms. The lowest BCUT2D eigenvalue weighted by atomic mass is 9.80. The van der Waals surface area contributed by atoms with E-state index in [2.05, 4.69) is 16.0 Å². The minimum atomic E-state index is 0.142. The Morgan fingerprint density at radius 1 is 1.41 bits per heavy atom. The van der Waals surface area contributed by atoms with Gasteiger partial charge in [-0.2, -0.15) is 0 Å². The van der Waals surface area contributed by atoms with Crippen LogP contribution in [0.4, 0.5) is 0 Å². The van der Waals surface area contributed by atoms with E-state index in [1.807, 2.05) is 26.4 Å². The van der Waals surface area contributed by atoms with E-state index in [0.29, 0.717) is 5.78 Å². The number of hydrogen-bond acceptors (Lipinski definition) is 3. The topological polar surface area (TPSA) is 33.2 Å². The van der Waals surface area contributed by atoms with Crippen LogP contribution in [0.25, 0.3) is 0 Å². The van der Waals surface area contributed by atoms with Crippen LogP contribution in [0.15, 0.2) is 24.5 Å². The highest BCUT2D eigenvalue weighted by Crippen LogP contribution is 2.34. The Labute approximate surface area is 103 Å². The van der Waals surface area contributed by atoms with Gasteiger partial charge in [0.1, 0.15) is 5.78 Å². The molecule has 0 radical (unpaired) electrons. The van der Waals surface area contributed by atoms with Gasteiger partial charge < -0.3 is 4.90 Å². The fourth-order valence-corrected chi connectivity index (χ4v) is 2.79. The average Bonchev–Trinajstić information content (AvgIpc) is 2.33. The molecule has 92 valence electrons. The summed E-state index contributed by atoms with van der Waals surface area (Å²) in [6.45, 7) is 0. The highest BCUT2D eigenvalue weighted by molar-refractivity contribution is 5.82. The lowest BCUT2D eigenvalue weighted by Crippen LogP contribution is -2.34. The van der Waals surface area contributed by atoms with Gasteiger partial charge in [0.25, 0.3) is 0 Å². The molecule has 3 nitrogen and oxygen atoms in total. The molecular formula is C14H20N2O. The van der Waals surface area contributed by atoms with E-state index < -0.39 is 0 Å².